The molecule has 90 valence electrons. The van der Waals surface area contributed by atoms with Gasteiger partial charge in [-0.25, -0.2) is 4.98 Å². The maximum Gasteiger partial charge on any atom is 0.110 e. The van der Waals surface area contributed by atoms with Crippen LogP contribution in [0.4, 0.5) is 0 Å². The van der Waals surface area contributed by atoms with E-state index in [0.717, 1.165) is 15.6 Å². The van der Waals surface area contributed by atoms with Crippen molar-refractivity contribution in [3.05, 3.63) is 22.9 Å². The number of hydrogen-bond donors (Lipinski definition) is 0. The molecule has 2 atom stereocenters. The van der Waals surface area contributed by atoms with Gasteiger partial charge in [0.25, 0.3) is 0 Å². The molecule has 2 aromatic heterocycles. The molecular weight excluding hydrogens is 286 g/mol. The molecule has 0 spiro atoms. The number of aromatic nitrogens is 3. The molecule has 0 bridgehead atoms. The Balaban J connectivity index is 2.05. The van der Waals surface area contributed by atoms with E-state index in [2.05, 4.69) is 26.0 Å². The molecule has 3 rings (SSSR count). The third kappa shape index (κ3) is 1.86. The van der Waals surface area contributed by atoms with Gasteiger partial charge < -0.3 is 9.47 Å². The van der Waals surface area contributed by atoms with E-state index in [4.69, 9.17) is 9.47 Å². The fourth-order valence-corrected chi connectivity index (χ4v) is 2.47. The van der Waals surface area contributed by atoms with Crippen LogP contribution in [0.25, 0.3) is 11.0 Å². The zero-order valence-corrected chi connectivity index (χ0v) is 10.9. The molecule has 1 aliphatic rings. The summed E-state index contributed by atoms with van der Waals surface area (Å²) in [5.74, 6) is 0. The van der Waals surface area contributed by atoms with Gasteiger partial charge in [0, 0.05) is 7.11 Å². The summed E-state index contributed by atoms with van der Waals surface area (Å²) >= 11 is 3.35. The van der Waals surface area contributed by atoms with Crippen molar-refractivity contribution in [2.24, 2.45) is 0 Å². The summed E-state index contributed by atoms with van der Waals surface area (Å²) in [4.78, 5) is 4.37. The number of fused-ring (bicyclic) bond motifs is 1. The van der Waals surface area contributed by atoms with Crippen LogP contribution >= 0.6 is 15.9 Å². The van der Waals surface area contributed by atoms with Crippen molar-refractivity contribution >= 4 is 27.0 Å². The third-order valence-electron chi connectivity index (χ3n) is 3.04. The van der Waals surface area contributed by atoms with E-state index in [-0.39, 0.29) is 12.1 Å². The van der Waals surface area contributed by atoms with Crippen molar-refractivity contribution in [1.29, 1.82) is 0 Å². The second-order valence-electron chi connectivity index (χ2n) is 4.01. The van der Waals surface area contributed by atoms with Crippen LogP contribution in [0.15, 0.2) is 22.9 Å². The van der Waals surface area contributed by atoms with Crippen LogP contribution in [-0.2, 0) is 9.47 Å². The summed E-state index contributed by atoms with van der Waals surface area (Å²) < 4.78 is 13.6. The molecule has 0 radical (unpaired) electrons. The van der Waals surface area contributed by atoms with Gasteiger partial charge in [0.2, 0.25) is 0 Å². The molecule has 3 heterocycles. The summed E-state index contributed by atoms with van der Waals surface area (Å²) in [6, 6.07) is 4.04. The molecular formula is C11H12BrN3O2. The SMILES string of the molecule is CO[C@@H]1COC[C@H]1n1ncc2nc(Br)ccc21. The van der Waals surface area contributed by atoms with Gasteiger partial charge in [-0.05, 0) is 28.1 Å². The van der Waals surface area contributed by atoms with Gasteiger partial charge in [0.15, 0.2) is 0 Å². The van der Waals surface area contributed by atoms with Gasteiger partial charge in [-0.15, -0.1) is 0 Å². The van der Waals surface area contributed by atoms with Gasteiger partial charge >= 0.3 is 0 Å². The van der Waals surface area contributed by atoms with Gasteiger partial charge in [-0.1, -0.05) is 0 Å². The first-order valence-electron chi connectivity index (χ1n) is 5.40. The fraction of sp³-hybridized carbons (Fsp3) is 0.455. The van der Waals surface area contributed by atoms with Crippen molar-refractivity contribution in [1.82, 2.24) is 14.8 Å². The lowest BCUT2D eigenvalue weighted by Crippen LogP contribution is -2.25. The monoisotopic (exact) mass is 297 g/mol. The number of nitrogens with zero attached hydrogens (tertiary/aromatic N) is 3. The fourth-order valence-electron chi connectivity index (χ4n) is 2.15. The van der Waals surface area contributed by atoms with Crippen LogP contribution in [0.3, 0.4) is 0 Å². The van der Waals surface area contributed by atoms with E-state index in [1.54, 1.807) is 13.3 Å². The van der Waals surface area contributed by atoms with E-state index in [9.17, 15) is 0 Å². The van der Waals surface area contributed by atoms with Gasteiger partial charge in [-0.2, -0.15) is 5.10 Å². The number of ether oxygens (including phenoxy) is 2. The Kier molecular flexibility index (Phi) is 2.85. The van der Waals surface area contributed by atoms with Crippen LogP contribution < -0.4 is 0 Å². The Morgan fingerprint density at radius 2 is 2.35 bits per heavy atom. The standard InChI is InChI=1S/C11H12BrN3O2/c1-16-10-6-17-5-9(10)15-8-2-3-11(12)14-7(8)4-13-15/h2-4,9-10H,5-6H2,1H3/t9-,10-/m1/s1. The molecule has 0 aromatic carbocycles. The number of halogens is 1. The first kappa shape index (κ1) is 11.1. The molecule has 1 aliphatic heterocycles. The second-order valence-corrected chi connectivity index (χ2v) is 4.82. The normalized spacial score (nSPS) is 24.6. The lowest BCUT2D eigenvalue weighted by Gasteiger charge is -2.17. The van der Waals surface area contributed by atoms with Gasteiger partial charge in [0.05, 0.1) is 24.9 Å². The average molecular weight is 298 g/mol. The molecule has 6 heteroatoms. The summed E-state index contributed by atoms with van der Waals surface area (Å²) in [6.07, 6.45) is 1.83. The van der Waals surface area contributed by atoms with Crippen molar-refractivity contribution in [3.8, 4) is 0 Å². The highest BCUT2D eigenvalue weighted by atomic mass is 79.9. The molecule has 2 aromatic rings. The highest BCUT2D eigenvalue weighted by Crippen LogP contribution is 2.25. The number of rotatable bonds is 2. The molecule has 5 nitrogen and oxygen atoms in total. The van der Waals surface area contributed by atoms with Crippen molar-refractivity contribution < 1.29 is 9.47 Å². The van der Waals surface area contributed by atoms with E-state index in [1.165, 1.54) is 0 Å². The predicted octanol–water partition coefficient (Wildman–Crippen LogP) is 1.78. The van der Waals surface area contributed by atoms with Crippen LogP contribution in [0.1, 0.15) is 6.04 Å². The molecule has 17 heavy (non-hydrogen) atoms. The molecule has 1 fully saturated rings. The van der Waals surface area contributed by atoms with Crippen molar-refractivity contribution in [2.45, 2.75) is 12.1 Å². The number of pyridine rings is 1. The largest absolute Gasteiger partial charge is 0.377 e. The molecule has 0 saturated carbocycles. The highest BCUT2D eigenvalue weighted by molar-refractivity contribution is 9.10. The lowest BCUT2D eigenvalue weighted by molar-refractivity contribution is 0.0673. The maximum atomic E-state index is 5.44. The summed E-state index contributed by atoms with van der Waals surface area (Å²) in [6.45, 7) is 1.25. The van der Waals surface area contributed by atoms with E-state index < -0.39 is 0 Å². The Morgan fingerprint density at radius 3 is 3.18 bits per heavy atom. The van der Waals surface area contributed by atoms with Crippen LogP contribution in [0.5, 0.6) is 0 Å². The second kappa shape index (κ2) is 4.36. The van der Waals surface area contributed by atoms with E-state index >= 15 is 0 Å². The Morgan fingerprint density at radius 1 is 1.47 bits per heavy atom. The van der Waals surface area contributed by atoms with Crippen molar-refractivity contribution in [2.75, 3.05) is 20.3 Å². The predicted molar refractivity (Wildman–Crippen MR) is 65.9 cm³/mol. The van der Waals surface area contributed by atoms with Gasteiger partial charge in [-0.3, -0.25) is 4.68 Å². The Bertz CT molecular complexity index is 542. The van der Waals surface area contributed by atoms with Crippen LogP contribution in [0.2, 0.25) is 0 Å². The molecule has 1 saturated heterocycles. The van der Waals surface area contributed by atoms with Gasteiger partial charge in [0.1, 0.15) is 22.3 Å². The summed E-state index contributed by atoms with van der Waals surface area (Å²) in [7, 11) is 1.70. The van der Waals surface area contributed by atoms with Crippen LogP contribution in [-0.4, -0.2) is 41.2 Å². The molecule has 0 N–H and O–H groups in total. The Hall–Kier alpha value is -0.980. The zero-order valence-electron chi connectivity index (χ0n) is 9.34. The lowest BCUT2D eigenvalue weighted by atomic mass is 10.2. The van der Waals surface area contributed by atoms with Crippen LogP contribution in [0, 0.1) is 0 Å². The Labute approximate surface area is 107 Å². The first-order chi connectivity index (χ1) is 8.29. The summed E-state index contributed by atoms with van der Waals surface area (Å²) in [5, 5.41) is 4.39. The molecule has 0 aliphatic carbocycles. The van der Waals surface area contributed by atoms with Crippen molar-refractivity contribution in [3.63, 3.8) is 0 Å². The highest BCUT2D eigenvalue weighted by Gasteiger charge is 2.31. The summed E-state index contributed by atoms with van der Waals surface area (Å²) in [5.41, 5.74) is 1.88. The first-order valence-corrected chi connectivity index (χ1v) is 6.19. The maximum absolute atomic E-state index is 5.44. The number of methoxy groups -OCH3 is 1. The minimum Gasteiger partial charge on any atom is -0.377 e. The quantitative estimate of drug-likeness (QED) is 0.793. The average Bonchev–Trinajstić information content (AvgIpc) is 2.92. The topological polar surface area (TPSA) is 49.2 Å². The molecule has 0 amide bonds. The zero-order chi connectivity index (χ0) is 11.8. The minimum absolute atomic E-state index is 0.0572. The van der Waals surface area contributed by atoms with E-state index in [0.29, 0.717) is 13.2 Å². The minimum atomic E-state index is 0.0572. The third-order valence-corrected chi connectivity index (χ3v) is 3.48. The van der Waals surface area contributed by atoms with E-state index in [1.807, 2.05) is 16.8 Å². The number of hydrogen-bond acceptors (Lipinski definition) is 4. The molecule has 0 unspecified atom stereocenters. The smallest absolute Gasteiger partial charge is 0.110 e.